The lowest BCUT2D eigenvalue weighted by atomic mass is 9.87. The Morgan fingerprint density at radius 3 is 2.58 bits per heavy atom. The standard InChI is InChI=1S/C13H23N3O3/c1-9(12(17)18)11-7-16(8-11)13(19)14-5-10-3-4-15(2)6-10/h9-11H,3-8H2,1-2H3,(H,14,19)(H,17,18). The number of amides is 2. The van der Waals surface area contributed by atoms with E-state index in [1.807, 2.05) is 0 Å². The molecule has 0 spiro atoms. The van der Waals surface area contributed by atoms with Gasteiger partial charge in [0, 0.05) is 32.1 Å². The Bertz CT molecular complexity index is 355. The van der Waals surface area contributed by atoms with Gasteiger partial charge in [0.2, 0.25) is 0 Å². The molecule has 2 aliphatic rings. The van der Waals surface area contributed by atoms with Gasteiger partial charge in [-0.15, -0.1) is 0 Å². The molecule has 0 aromatic carbocycles. The lowest BCUT2D eigenvalue weighted by molar-refractivity contribution is -0.144. The number of hydrogen-bond donors (Lipinski definition) is 2. The van der Waals surface area contributed by atoms with E-state index in [1.165, 1.54) is 0 Å². The number of carbonyl (C=O) groups is 2. The molecule has 19 heavy (non-hydrogen) atoms. The van der Waals surface area contributed by atoms with Gasteiger partial charge in [-0.05, 0) is 25.9 Å². The van der Waals surface area contributed by atoms with Crippen molar-refractivity contribution >= 4 is 12.0 Å². The monoisotopic (exact) mass is 269 g/mol. The molecule has 0 bridgehead atoms. The zero-order valence-electron chi connectivity index (χ0n) is 11.6. The van der Waals surface area contributed by atoms with Gasteiger partial charge in [0.1, 0.15) is 0 Å². The second-order valence-electron chi connectivity index (χ2n) is 5.89. The number of nitrogens with one attached hydrogen (secondary N) is 1. The molecule has 2 heterocycles. The summed E-state index contributed by atoms with van der Waals surface area (Å²) in [5, 5.41) is 11.8. The number of likely N-dealkylation sites (tertiary alicyclic amines) is 2. The molecule has 0 radical (unpaired) electrons. The molecule has 2 rings (SSSR count). The molecule has 108 valence electrons. The molecule has 2 N–H and O–H groups in total. The van der Waals surface area contributed by atoms with E-state index in [0.29, 0.717) is 19.0 Å². The molecule has 0 aromatic rings. The minimum absolute atomic E-state index is 0.0524. The van der Waals surface area contributed by atoms with Crippen molar-refractivity contribution in [2.75, 3.05) is 39.8 Å². The topological polar surface area (TPSA) is 72.9 Å². The van der Waals surface area contributed by atoms with Gasteiger partial charge in [0.15, 0.2) is 0 Å². The van der Waals surface area contributed by atoms with Crippen molar-refractivity contribution in [3.63, 3.8) is 0 Å². The van der Waals surface area contributed by atoms with Crippen LogP contribution in [0.3, 0.4) is 0 Å². The zero-order chi connectivity index (χ0) is 14.0. The summed E-state index contributed by atoms with van der Waals surface area (Å²) in [7, 11) is 2.09. The van der Waals surface area contributed by atoms with Crippen molar-refractivity contribution in [1.82, 2.24) is 15.1 Å². The van der Waals surface area contributed by atoms with Gasteiger partial charge in [-0.2, -0.15) is 0 Å². The molecular formula is C13H23N3O3. The predicted molar refractivity (Wildman–Crippen MR) is 70.9 cm³/mol. The van der Waals surface area contributed by atoms with Crippen molar-refractivity contribution in [3.05, 3.63) is 0 Å². The van der Waals surface area contributed by atoms with Crippen LogP contribution in [-0.4, -0.2) is 66.7 Å². The maximum Gasteiger partial charge on any atom is 0.317 e. The van der Waals surface area contributed by atoms with Crippen LogP contribution in [0.25, 0.3) is 0 Å². The van der Waals surface area contributed by atoms with Crippen molar-refractivity contribution in [3.8, 4) is 0 Å². The Labute approximate surface area is 113 Å². The maximum absolute atomic E-state index is 11.9. The van der Waals surface area contributed by atoms with Crippen molar-refractivity contribution in [2.24, 2.45) is 17.8 Å². The highest BCUT2D eigenvalue weighted by Crippen LogP contribution is 2.24. The molecule has 2 fully saturated rings. The summed E-state index contributed by atoms with van der Waals surface area (Å²) in [6, 6.07) is -0.0524. The van der Waals surface area contributed by atoms with E-state index in [0.717, 1.165) is 26.1 Å². The number of aliphatic carboxylic acids is 1. The Kier molecular flexibility index (Phi) is 4.29. The molecule has 0 aromatic heterocycles. The molecule has 2 aliphatic heterocycles. The van der Waals surface area contributed by atoms with Gasteiger partial charge >= 0.3 is 12.0 Å². The van der Waals surface area contributed by atoms with Crippen LogP contribution < -0.4 is 5.32 Å². The molecule has 2 atom stereocenters. The largest absolute Gasteiger partial charge is 0.481 e. The number of carboxylic acid groups (broad SMARTS) is 1. The lowest BCUT2D eigenvalue weighted by Crippen LogP contribution is -2.56. The molecule has 2 unspecified atom stereocenters. The number of nitrogens with zero attached hydrogens (tertiary/aromatic N) is 2. The van der Waals surface area contributed by atoms with Gasteiger partial charge in [0.05, 0.1) is 5.92 Å². The third-order valence-electron chi connectivity index (χ3n) is 4.32. The number of hydrogen-bond acceptors (Lipinski definition) is 3. The summed E-state index contributed by atoms with van der Waals surface area (Å²) < 4.78 is 0. The normalized spacial score (nSPS) is 26.0. The SMILES string of the molecule is CC(C(=O)O)C1CN(C(=O)NCC2CCN(C)C2)C1. The zero-order valence-corrected chi connectivity index (χ0v) is 11.6. The van der Waals surface area contributed by atoms with Crippen molar-refractivity contribution in [2.45, 2.75) is 13.3 Å². The van der Waals surface area contributed by atoms with E-state index < -0.39 is 5.97 Å². The average molecular weight is 269 g/mol. The van der Waals surface area contributed by atoms with Gasteiger partial charge in [-0.25, -0.2) is 4.79 Å². The third kappa shape index (κ3) is 3.37. The number of carboxylic acids is 1. The van der Waals surface area contributed by atoms with Crippen LogP contribution in [0.2, 0.25) is 0 Å². The van der Waals surface area contributed by atoms with E-state index in [-0.39, 0.29) is 17.9 Å². The highest BCUT2D eigenvalue weighted by atomic mass is 16.4. The van der Waals surface area contributed by atoms with E-state index in [4.69, 9.17) is 5.11 Å². The van der Waals surface area contributed by atoms with Gasteiger partial charge in [0.25, 0.3) is 0 Å². The first-order valence-corrected chi connectivity index (χ1v) is 6.91. The molecule has 2 saturated heterocycles. The van der Waals surface area contributed by atoms with Crippen molar-refractivity contribution in [1.29, 1.82) is 0 Å². The van der Waals surface area contributed by atoms with E-state index in [1.54, 1.807) is 11.8 Å². The fourth-order valence-electron chi connectivity index (χ4n) is 2.73. The molecule has 2 amide bonds. The van der Waals surface area contributed by atoms with Crippen LogP contribution in [0.4, 0.5) is 4.79 Å². The second kappa shape index (κ2) is 5.77. The van der Waals surface area contributed by atoms with Crippen LogP contribution in [0.15, 0.2) is 0 Å². The van der Waals surface area contributed by atoms with E-state index in [2.05, 4.69) is 17.3 Å². The summed E-state index contributed by atoms with van der Waals surface area (Å²) in [6.45, 7) is 5.69. The number of carbonyl (C=O) groups excluding carboxylic acids is 1. The van der Waals surface area contributed by atoms with E-state index >= 15 is 0 Å². The van der Waals surface area contributed by atoms with Gasteiger partial charge in [-0.3, -0.25) is 4.79 Å². The summed E-state index contributed by atoms with van der Waals surface area (Å²) in [6.07, 6.45) is 1.13. The third-order valence-corrected chi connectivity index (χ3v) is 4.32. The predicted octanol–water partition coefficient (Wildman–Crippen LogP) is 0.300. The second-order valence-corrected chi connectivity index (χ2v) is 5.89. The highest BCUT2D eigenvalue weighted by Gasteiger charge is 2.37. The highest BCUT2D eigenvalue weighted by molar-refractivity contribution is 5.76. The first-order chi connectivity index (χ1) is 8.97. The summed E-state index contributed by atoms with van der Waals surface area (Å²) in [5.74, 6) is -0.503. The van der Waals surface area contributed by atoms with Crippen LogP contribution >= 0.6 is 0 Å². The average Bonchev–Trinajstić information content (AvgIpc) is 2.70. The molecule has 0 aliphatic carbocycles. The van der Waals surface area contributed by atoms with Crippen molar-refractivity contribution < 1.29 is 14.7 Å². The minimum Gasteiger partial charge on any atom is -0.481 e. The number of urea groups is 1. The van der Waals surface area contributed by atoms with Crippen LogP contribution in [0, 0.1) is 17.8 Å². The smallest absolute Gasteiger partial charge is 0.317 e. The Balaban J connectivity index is 1.65. The van der Waals surface area contributed by atoms with Crippen LogP contribution in [-0.2, 0) is 4.79 Å². The minimum atomic E-state index is -0.779. The quantitative estimate of drug-likeness (QED) is 0.770. The van der Waals surface area contributed by atoms with Gasteiger partial charge < -0.3 is 20.2 Å². The number of rotatable bonds is 4. The van der Waals surface area contributed by atoms with E-state index in [9.17, 15) is 9.59 Å². The van der Waals surface area contributed by atoms with Crippen LogP contribution in [0.5, 0.6) is 0 Å². The van der Waals surface area contributed by atoms with Gasteiger partial charge in [-0.1, -0.05) is 6.92 Å². The fraction of sp³-hybridized carbons (Fsp3) is 0.846. The summed E-state index contributed by atoms with van der Waals surface area (Å²) in [4.78, 5) is 26.6. The Morgan fingerprint density at radius 1 is 1.37 bits per heavy atom. The lowest BCUT2D eigenvalue weighted by Gasteiger charge is -2.41. The van der Waals surface area contributed by atoms with Crippen LogP contribution in [0.1, 0.15) is 13.3 Å². The fourth-order valence-corrected chi connectivity index (χ4v) is 2.73. The first-order valence-electron chi connectivity index (χ1n) is 6.91. The summed E-state index contributed by atoms with van der Waals surface area (Å²) in [5.41, 5.74) is 0. The maximum atomic E-state index is 11.9. The Morgan fingerprint density at radius 2 is 2.05 bits per heavy atom. The molecular weight excluding hydrogens is 246 g/mol. The molecule has 6 nitrogen and oxygen atoms in total. The molecule has 6 heteroatoms. The summed E-state index contributed by atoms with van der Waals surface area (Å²) >= 11 is 0. The molecule has 0 saturated carbocycles. The first kappa shape index (κ1) is 14.1. The Hall–Kier alpha value is -1.30.